The fraction of sp³-hybridized carbons (Fsp3) is 0.484. The van der Waals surface area contributed by atoms with Gasteiger partial charge in [0.2, 0.25) is 5.91 Å². The first-order valence-electron chi connectivity index (χ1n) is 14.2. The standard InChI is InChI=1S/C31H40N4O2S2/c32-19-24-9-4-10-25(17-24)20-33-30(36)28-18-26(13-14-35(28)31(37)29-12-6-16-39-29)34(22-27-11-5-15-38-27)21-23-7-2-1-3-8-23/h1-3,5-8,11-12,15-16,24-26,28H,4,9-10,13-14,17-22,32H2,(H,33,36)/t24?,25?,26?,28-/m1/s1. The highest BCUT2D eigenvalue weighted by atomic mass is 32.1. The van der Waals surface area contributed by atoms with E-state index in [0.29, 0.717) is 36.2 Å². The van der Waals surface area contributed by atoms with Crippen LogP contribution in [0.2, 0.25) is 0 Å². The first-order valence-corrected chi connectivity index (χ1v) is 16.0. The summed E-state index contributed by atoms with van der Waals surface area (Å²) in [5, 5.41) is 7.31. The average Bonchev–Trinajstić information content (AvgIpc) is 3.71. The molecule has 0 bridgehead atoms. The van der Waals surface area contributed by atoms with Gasteiger partial charge in [-0.05, 0) is 78.9 Å². The number of carbonyl (C=O) groups is 2. The number of thiophene rings is 2. The van der Waals surface area contributed by atoms with Gasteiger partial charge in [0.15, 0.2) is 0 Å². The second-order valence-corrected chi connectivity index (χ2v) is 13.0. The minimum Gasteiger partial charge on any atom is -0.354 e. The van der Waals surface area contributed by atoms with Crippen LogP contribution in [0.4, 0.5) is 0 Å². The van der Waals surface area contributed by atoms with Crippen LogP contribution in [0.3, 0.4) is 0 Å². The number of nitrogens with two attached hydrogens (primary N) is 1. The Labute approximate surface area is 240 Å². The van der Waals surface area contributed by atoms with E-state index in [9.17, 15) is 9.59 Å². The number of amides is 2. The van der Waals surface area contributed by atoms with E-state index in [1.165, 1.54) is 34.6 Å². The summed E-state index contributed by atoms with van der Waals surface area (Å²) in [7, 11) is 0. The summed E-state index contributed by atoms with van der Waals surface area (Å²) < 4.78 is 0. The Bertz CT molecular complexity index is 1170. The van der Waals surface area contributed by atoms with Gasteiger partial charge in [0, 0.05) is 37.1 Å². The molecule has 0 radical (unpaired) electrons. The summed E-state index contributed by atoms with van der Waals surface area (Å²) in [6.45, 7) is 3.62. The number of likely N-dealkylation sites (tertiary alicyclic amines) is 1. The molecule has 1 aliphatic heterocycles. The zero-order chi connectivity index (χ0) is 27.0. The zero-order valence-corrected chi connectivity index (χ0v) is 24.2. The highest BCUT2D eigenvalue weighted by Gasteiger charge is 2.39. The van der Waals surface area contributed by atoms with Crippen molar-refractivity contribution in [1.82, 2.24) is 15.1 Å². The molecule has 2 aliphatic rings. The molecule has 3 aromatic rings. The molecule has 1 aromatic carbocycles. The Morgan fingerprint density at radius 1 is 0.923 bits per heavy atom. The lowest BCUT2D eigenvalue weighted by Gasteiger charge is -2.43. The molecule has 4 atom stereocenters. The topological polar surface area (TPSA) is 78.7 Å². The third-order valence-electron chi connectivity index (χ3n) is 8.34. The van der Waals surface area contributed by atoms with Crippen molar-refractivity contribution in [1.29, 1.82) is 0 Å². The molecule has 1 saturated heterocycles. The molecule has 8 heteroatoms. The van der Waals surface area contributed by atoms with Crippen molar-refractivity contribution in [3.63, 3.8) is 0 Å². The average molecular weight is 565 g/mol. The molecule has 6 nitrogen and oxygen atoms in total. The number of nitrogens with zero attached hydrogens (tertiary/aromatic N) is 2. The fourth-order valence-electron chi connectivity index (χ4n) is 6.21. The monoisotopic (exact) mass is 564 g/mol. The van der Waals surface area contributed by atoms with Gasteiger partial charge in [-0.3, -0.25) is 14.5 Å². The third kappa shape index (κ3) is 7.37. The second kappa shape index (κ2) is 13.7. The van der Waals surface area contributed by atoms with Crippen LogP contribution < -0.4 is 11.1 Å². The lowest BCUT2D eigenvalue weighted by Crippen LogP contribution is -2.57. The number of rotatable bonds is 10. The SMILES string of the molecule is NCC1CCCC(CNC(=O)[C@H]2CC(N(Cc3ccccc3)Cc3cccs3)CCN2C(=O)c2cccs2)C1. The van der Waals surface area contributed by atoms with Crippen LogP contribution >= 0.6 is 22.7 Å². The second-order valence-electron chi connectivity index (χ2n) is 11.0. The van der Waals surface area contributed by atoms with Crippen LogP contribution in [0, 0.1) is 11.8 Å². The van der Waals surface area contributed by atoms with E-state index in [1.54, 1.807) is 11.3 Å². The summed E-state index contributed by atoms with van der Waals surface area (Å²) in [6.07, 6.45) is 6.06. The van der Waals surface area contributed by atoms with Crippen LogP contribution in [-0.4, -0.2) is 53.3 Å². The van der Waals surface area contributed by atoms with E-state index < -0.39 is 6.04 Å². The fourth-order valence-corrected chi connectivity index (χ4v) is 7.62. The number of nitrogens with one attached hydrogen (secondary N) is 1. The summed E-state index contributed by atoms with van der Waals surface area (Å²) in [5.41, 5.74) is 7.21. The van der Waals surface area contributed by atoms with E-state index in [4.69, 9.17) is 5.73 Å². The molecule has 3 N–H and O–H groups in total. The van der Waals surface area contributed by atoms with Gasteiger partial charge in [0.25, 0.3) is 5.91 Å². The molecular weight excluding hydrogens is 525 g/mol. The lowest BCUT2D eigenvalue weighted by molar-refractivity contribution is -0.128. The molecule has 1 saturated carbocycles. The summed E-state index contributed by atoms with van der Waals surface area (Å²) >= 11 is 3.21. The van der Waals surface area contributed by atoms with Crippen LogP contribution in [0.1, 0.15) is 58.6 Å². The highest BCUT2D eigenvalue weighted by molar-refractivity contribution is 7.12. The minimum absolute atomic E-state index is 0.0183. The van der Waals surface area contributed by atoms with Gasteiger partial charge in [-0.25, -0.2) is 0 Å². The maximum absolute atomic E-state index is 13.8. The minimum atomic E-state index is -0.478. The number of hydrogen-bond acceptors (Lipinski definition) is 6. The van der Waals surface area contributed by atoms with Gasteiger partial charge in [-0.2, -0.15) is 0 Å². The Balaban J connectivity index is 1.33. The third-order valence-corrected chi connectivity index (χ3v) is 10.1. The quantitative estimate of drug-likeness (QED) is 0.347. The van der Waals surface area contributed by atoms with Crippen LogP contribution in [0.5, 0.6) is 0 Å². The van der Waals surface area contributed by atoms with Gasteiger partial charge in [0.05, 0.1) is 4.88 Å². The van der Waals surface area contributed by atoms with Crippen molar-refractivity contribution in [2.45, 2.75) is 63.7 Å². The number of carbonyl (C=O) groups excluding carboxylic acids is 2. The lowest BCUT2D eigenvalue weighted by atomic mass is 9.81. The molecule has 0 spiro atoms. The van der Waals surface area contributed by atoms with E-state index in [1.807, 2.05) is 28.5 Å². The largest absolute Gasteiger partial charge is 0.354 e. The number of hydrogen-bond donors (Lipinski definition) is 2. The molecule has 1 aliphatic carbocycles. The smallest absolute Gasteiger partial charge is 0.264 e. The van der Waals surface area contributed by atoms with Gasteiger partial charge in [-0.1, -0.05) is 48.9 Å². The first kappa shape index (κ1) is 28.0. The van der Waals surface area contributed by atoms with Gasteiger partial charge < -0.3 is 16.0 Å². The highest BCUT2D eigenvalue weighted by Crippen LogP contribution is 2.30. The van der Waals surface area contributed by atoms with Crippen LogP contribution in [0.15, 0.2) is 65.4 Å². The molecule has 2 aromatic heterocycles. The Hall–Kier alpha value is -2.52. The van der Waals surface area contributed by atoms with Crippen molar-refractivity contribution in [3.05, 3.63) is 80.7 Å². The van der Waals surface area contributed by atoms with Crippen LogP contribution in [0.25, 0.3) is 0 Å². The molecule has 5 rings (SSSR count). The Kier molecular flexibility index (Phi) is 9.85. The molecule has 3 unspecified atom stereocenters. The van der Waals surface area contributed by atoms with E-state index in [2.05, 4.69) is 52.0 Å². The molecular formula is C31H40N4O2S2. The predicted molar refractivity (Wildman–Crippen MR) is 160 cm³/mol. The maximum atomic E-state index is 13.8. The zero-order valence-electron chi connectivity index (χ0n) is 22.5. The van der Waals surface area contributed by atoms with E-state index >= 15 is 0 Å². The van der Waals surface area contributed by atoms with Gasteiger partial charge in [0.1, 0.15) is 6.04 Å². The van der Waals surface area contributed by atoms with Crippen molar-refractivity contribution in [2.24, 2.45) is 17.6 Å². The normalized spacial score (nSPS) is 23.6. The van der Waals surface area contributed by atoms with Gasteiger partial charge in [-0.15, -0.1) is 22.7 Å². The van der Waals surface area contributed by atoms with Crippen molar-refractivity contribution in [3.8, 4) is 0 Å². The molecule has 208 valence electrons. The Morgan fingerprint density at radius 3 is 2.46 bits per heavy atom. The maximum Gasteiger partial charge on any atom is 0.264 e. The molecule has 2 fully saturated rings. The first-order chi connectivity index (χ1) is 19.1. The summed E-state index contributed by atoms with van der Waals surface area (Å²) in [4.78, 5) is 33.6. The van der Waals surface area contributed by atoms with Crippen LogP contribution in [-0.2, 0) is 17.9 Å². The number of benzene rings is 1. The van der Waals surface area contributed by atoms with E-state index in [-0.39, 0.29) is 17.9 Å². The molecule has 2 amide bonds. The number of piperidine rings is 1. The van der Waals surface area contributed by atoms with Crippen molar-refractivity contribution in [2.75, 3.05) is 19.6 Å². The van der Waals surface area contributed by atoms with Crippen molar-refractivity contribution < 1.29 is 9.59 Å². The molecule has 39 heavy (non-hydrogen) atoms. The predicted octanol–water partition coefficient (Wildman–Crippen LogP) is 5.37. The van der Waals surface area contributed by atoms with Gasteiger partial charge >= 0.3 is 0 Å². The Morgan fingerprint density at radius 2 is 1.72 bits per heavy atom. The summed E-state index contributed by atoms with van der Waals surface area (Å²) in [5.74, 6) is 0.971. The molecule has 3 heterocycles. The van der Waals surface area contributed by atoms with Crippen molar-refractivity contribution >= 4 is 34.5 Å². The van der Waals surface area contributed by atoms with E-state index in [0.717, 1.165) is 38.9 Å². The summed E-state index contributed by atoms with van der Waals surface area (Å²) in [6, 6.07) is 18.3.